The Morgan fingerprint density at radius 3 is 2.14 bits per heavy atom. The summed E-state index contributed by atoms with van der Waals surface area (Å²) in [6.45, 7) is 8.48. The van der Waals surface area contributed by atoms with Crippen molar-refractivity contribution >= 4 is 24.2 Å². The van der Waals surface area contributed by atoms with Crippen LogP contribution >= 0.6 is 12.4 Å². The van der Waals surface area contributed by atoms with Crippen LogP contribution in [0.4, 0.5) is 0 Å². The first-order valence-corrected chi connectivity index (χ1v) is 7.49. The lowest BCUT2D eigenvalue weighted by atomic mass is 10.0. The van der Waals surface area contributed by atoms with Crippen molar-refractivity contribution in [3.8, 4) is 0 Å². The molecule has 0 aromatic heterocycles. The zero-order valence-corrected chi connectivity index (χ0v) is 15.4. The van der Waals surface area contributed by atoms with Gasteiger partial charge in [-0.25, -0.2) is 0 Å². The Bertz CT molecular complexity index is 338. The number of hydrogen-bond donors (Lipinski definition) is 2. The van der Waals surface area contributed by atoms with Crippen LogP contribution in [0.15, 0.2) is 0 Å². The van der Waals surface area contributed by atoms with Crippen molar-refractivity contribution < 1.29 is 14.3 Å². The fourth-order valence-corrected chi connectivity index (χ4v) is 1.88. The summed E-state index contributed by atoms with van der Waals surface area (Å²) in [7, 11) is 3.19. The second-order valence-electron chi connectivity index (χ2n) is 6.18. The number of ether oxygens (including phenoxy) is 1. The summed E-state index contributed by atoms with van der Waals surface area (Å²) >= 11 is 0. The fraction of sp³-hybridized carbons (Fsp3) is 0.867. The molecular formula is C15H32ClN3O3. The molecule has 0 saturated carbocycles. The number of halogens is 1. The highest BCUT2D eigenvalue weighted by atomic mass is 35.5. The van der Waals surface area contributed by atoms with E-state index in [0.717, 1.165) is 6.42 Å². The summed E-state index contributed by atoms with van der Waals surface area (Å²) in [5.74, 6) is 0.0255. The molecular weight excluding hydrogens is 306 g/mol. The van der Waals surface area contributed by atoms with Crippen molar-refractivity contribution in [2.24, 2.45) is 17.6 Å². The van der Waals surface area contributed by atoms with Crippen LogP contribution in [0.1, 0.15) is 34.1 Å². The van der Waals surface area contributed by atoms with Crippen LogP contribution in [0, 0.1) is 11.8 Å². The monoisotopic (exact) mass is 337 g/mol. The summed E-state index contributed by atoms with van der Waals surface area (Å²) in [5.41, 5.74) is 6.00. The van der Waals surface area contributed by atoms with Crippen LogP contribution in [-0.4, -0.2) is 56.1 Å². The smallest absolute Gasteiger partial charge is 0.246 e. The number of carbonyl (C=O) groups excluding carboxylic acids is 2. The van der Waals surface area contributed by atoms with Crippen molar-refractivity contribution in [1.29, 1.82) is 0 Å². The number of rotatable bonds is 9. The van der Waals surface area contributed by atoms with Gasteiger partial charge >= 0.3 is 0 Å². The Morgan fingerprint density at radius 2 is 1.73 bits per heavy atom. The molecule has 0 fully saturated rings. The molecule has 0 saturated heterocycles. The third-order valence-corrected chi connectivity index (χ3v) is 3.56. The van der Waals surface area contributed by atoms with Gasteiger partial charge in [0.05, 0.1) is 0 Å². The number of nitrogens with zero attached hydrogens (tertiary/aromatic N) is 1. The zero-order chi connectivity index (χ0) is 16.6. The van der Waals surface area contributed by atoms with Crippen LogP contribution in [0.2, 0.25) is 0 Å². The minimum absolute atomic E-state index is 0. The van der Waals surface area contributed by atoms with Gasteiger partial charge in [0.1, 0.15) is 12.6 Å². The van der Waals surface area contributed by atoms with Gasteiger partial charge in [0.15, 0.2) is 0 Å². The molecule has 0 aliphatic carbocycles. The van der Waals surface area contributed by atoms with E-state index in [0.29, 0.717) is 12.5 Å². The summed E-state index contributed by atoms with van der Waals surface area (Å²) in [5, 5.41) is 2.72. The average Bonchev–Trinajstić information content (AvgIpc) is 2.40. The molecule has 0 spiro atoms. The number of carbonyl (C=O) groups is 2. The van der Waals surface area contributed by atoms with Crippen molar-refractivity contribution in [2.45, 2.75) is 46.2 Å². The molecule has 0 aromatic rings. The molecule has 22 heavy (non-hydrogen) atoms. The Labute approximate surface area is 140 Å². The van der Waals surface area contributed by atoms with E-state index < -0.39 is 6.04 Å². The van der Waals surface area contributed by atoms with E-state index in [1.54, 1.807) is 11.9 Å². The first-order valence-electron chi connectivity index (χ1n) is 7.49. The molecule has 132 valence electrons. The maximum atomic E-state index is 12.4. The molecule has 0 bridgehead atoms. The normalized spacial score (nSPS) is 13.5. The van der Waals surface area contributed by atoms with E-state index in [-0.39, 0.29) is 42.8 Å². The lowest BCUT2D eigenvalue weighted by molar-refractivity contribution is -0.137. The fourth-order valence-electron chi connectivity index (χ4n) is 1.88. The summed E-state index contributed by atoms with van der Waals surface area (Å²) in [4.78, 5) is 25.7. The van der Waals surface area contributed by atoms with Crippen molar-refractivity contribution in [1.82, 2.24) is 10.2 Å². The number of hydrogen-bond acceptors (Lipinski definition) is 4. The summed E-state index contributed by atoms with van der Waals surface area (Å²) in [6, 6.07) is -0.464. The third kappa shape index (κ3) is 8.56. The second kappa shape index (κ2) is 11.7. The van der Waals surface area contributed by atoms with Gasteiger partial charge in [-0.15, -0.1) is 12.4 Å². The topological polar surface area (TPSA) is 84.7 Å². The average molecular weight is 338 g/mol. The van der Waals surface area contributed by atoms with Crippen molar-refractivity contribution in [3.63, 3.8) is 0 Å². The Balaban J connectivity index is 0. The molecule has 7 heteroatoms. The lowest BCUT2D eigenvalue weighted by Crippen LogP contribution is -2.51. The maximum Gasteiger partial charge on any atom is 0.246 e. The van der Waals surface area contributed by atoms with Crippen LogP contribution in [-0.2, 0) is 14.3 Å². The number of nitrogens with one attached hydrogen (secondary N) is 1. The second-order valence-corrected chi connectivity index (χ2v) is 6.18. The molecule has 2 amide bonds. The van der Waals surface area contributed by atoms with Crippen LogP contribution in [0.5, 0.6) is 0 Å². The van der Waals surface area contributed by atoms with E-state index >= 15 is 0 Å². The molecule has 1 unspecified atom stereocenters. The van der Waals surface area contributed by atoms with Gasteiger partial charge in [0, 0.05) is 26.7 Å². The number of likely N-dealkylation sites (N-methyl/N-ethyl adjacent to an activating group) is 1. The van der Waals surface area contributed by atoms with Gasteiger partial charge < -0.3 is 20.7 Å². The van der Waals surface area contributed by atoms with Gasteiger partial charge in [0.2, 0.25) is 11.8 Å². The lowest BCUT2D eigenvalue weighted by Gasteiger charge is -2.28. The molecule has 0 heterocycles. The van der Waals surface area contributed by atoms with Crippen LogP contribution in [0.3, 0.4) is 0 Å². The highest BCUT2D eigenvalue weighted by molar-refractivity contribution is 5.88. The predicted octanol–water partition coefficient (Wildman–Crippen LogP) is 1.03. The minimum atomic E-state index is -0.534. The standard InChI is InChI=1S/C15H31N3O3.ClH/c1-10(2)12(16)7-8-18(5)15(20)14(11(3)4)17-13(19)9-21-6;/h10-12,14H,7-9,16H2,1-6H3,(H,17,19);1H/t12?,14-;/m0./s1. The molecule has 0 aromatic carbocycles. The zero-order valence-electron chi connectivity index (χ0n) is 14.6. The molecule has 6 nitrogen and oxygen atoms in total. The van der Waals surface area contributed by atoms with Gasteiger partial charge in [-0.2, -0.15) is 0 Å². The largest absolute Gasteiger partial charge is 0.375 e. The van der Waals surface area contributed by atoms with E-state index in [2.05, 4.69) is 19.2 Å². The summed E-state index contributed by atoms with van der Waals surface area (Å²) in [6.07, 6.45) is 0.747. The van der Waals surface area contributed by atoms with Gasteiger partial charge in [-0.05, 0) is 18.3 Å². The summed E-state index contributed by atoms with van der Waals surface area (Å²) < 4.78 is 4.78. The van der Waals surface area contributed by atoms with E-state index in [1.165, 1.54) is 7.11 Å². The van der Waals surface area contributed by atoms with Crippen LogP contribution in [0.25, 0.3) is 0 Å². The highest BCUT2D eigenvalue weighted by Crippen LogP contribution is 2.08. The van der Waals surface area contributed by atoms with Gasteiger partial charge in [0.25, 0.3) is 0 Å². The maximum absolute atomic E-state index is 12.4. The van der Waals surface area contributed by atoms with E-state index in [9.17, 15) is 9.59 Å². The molecule has 0 radical (unpaired) electrons. The SMILES string of the molecule is COCC(=O)N[C@H](C(=O)N(C)CCC(N)C(C)C)C(C)C.Cl. The Hall–Kier alpha value is -0.850. The van der Waals surface area contributed by atoms with Crippen LogP contribution < -0.4 is 11.1 Å². The molecule has 2 atom stereocenters. The van der Waals surface area contributed by atoms with Gasteiger partial charge in [-0.1, -0.05) is 27.7 Å². The van der Waals surface area contributed by atoms with Crippen molar-refractivity contribution in [2.75, 3.05) is 27.3 Å². The molecule has 0 aliphatic rings. The van der Waals surface area contributed by atoms with Gasteiger partial charge in [-0.3, -0.25) is 9.59 Å². The molecule has 0 aliphatic heterocycles. The van der Waals surface area contributed by atoms with Crippen molar-refractivity contribution in [3.05, 3.63) is 0 Å². The molecule has 0 rings (SSSR count). The molecule has 3 N–H and O–H groups in total. The quantitative estimate of drug-likeness (QED) is 0.658. The number of methoxy groups -OCH3 is 1. The third-order valence-electron chi connectivity index (χ3n) is 3.56. The first kappa shape index (κ1) is 23.4. The van der Waals surface area contributed by atoms with E-state index in [4.69, 9.17) is 10.5 Å². The number of nitrogens with two attached hydrogens (primary N) is 1. The Kier molecular flexibility index (Phi) is 12.4. The minimum Gasteiger partial charge on any atom is -0.375 e. The Morgan fingerprint density at radius 1 is 1.18 bits per heavy atom. The van der Waals surface area contributed by atoms with E-state index in [1.807, 2.05) is 13.8 Å². The first-order chi connectivity index (χ1) is 9.70. The highest BCUT2D eigenvalue weighted by Gasteiger charge is 2.27. The number of amides is 2. The predicted molar refractivity (Wildman–Crippen MR) is 91.0 cm³/mol.